The second-order valence-electron chi connectivity index (χ2n) is 2.30. The molecule has 0 aromatic heterocycles. The smallest absolute Gasteiger partial charge is 0.0901 e. The minimum absolute atomic E-state index is 0.841. The molecule has 46 valence electrons. The molecule has 8 heavy (non-hydrogen) atoms. The highest BCUT2D eigenvalue weighted by Crippen LogP contribution is 2.26. The van der Waals surface area contributed by atoms with Crippen LogP contribution in [0.4, 0.5) is 0 Å². The first-order chi connectivity index (χ1) is 3.93. The van der Waals surface area contributed by atoms with Crippen LogP contribution in [0.5, 0.6) is 0 Å². The Morgan fingerprint density at radius 1 is 1.62 bits per heavy atom. The van der Waals surface area contributed by atoms with Crippen LogP contribution in [0, 0.1) is 5.92 Å². The molecule has 1 aliphatic rings. The molecule has 0 N–H and O–H groups in total. The van der Waals surface area contributed by atoms with Crippen molar-refractivity contribution < 1.29 is 4.74 Å². The van der Waals surface area contributed by atoms with Gasteiger partial charge in [-0.2, -0.15) is 0 Å². The third-order valence-corrected chi connectivity index (χ3v) is 1.67. The summed E-state index contributed by atoms with van der Waals surface area (Å²) in [6.07, 6.45) is 5.63. The van der Waals surface area contributed by atoms with E-state index in [0.717, 1.165) is 12.5 Å². The minimum atomic E-state index is 0.841. The van der Waals surface area contributed by atoms with E-state index in [1.54, 1.807) is 0 Å². The third kappa shape index (κ3) is 1.25. The van der Waals surface area contributed by atoms with Crippen molar-refractivity contribution in [1.29, 1.82) is 0 Å². The molecule has 0 spiro atoms. The van der Waals surface area contributed by atoms with E-state index in [2.05, 4.69) is 6.58 Å². The Kier molecular flexibility index (Phi) is 1.95. The number of hydrogen-bond acceptors (Lipinski definition) is 1. The topological polar surface area (TPSA) is 9.23 Å². The molecular formula is C7H12O. The molecule has 1 fully saturated rings. The van der Waals surface area contributed by atoms with Gasteiger partial charge in [0.25, 0.3) is 0 Å². The normalized spacial score (nSPS) is 19.5. The van der Waals surface area contributed by atoms with E-state index in [9.17, 15) is 0 Å². The Labute approximate surface area is 50.3 Å². The van der Waals surface area contributed by atoms with Crippen molar-refractivity contribution in [3.8, 4) is 0 Å². The molecule has 1 aliphatic carbocycles. The highest BCUT2D eigenvalue weighted by Gasteiger charge is 2.16. The monoisotopic (exact) mass is 112 g/mol. The van der Waals surface area contributed by atoms with E-state index in [4.69, 9.17) is 4.74 Å². The first-order valence-electron chi connectivity index (χ1n) is 3.16. The fourth-order valence-electron chi connectivity index (χ4n) is 0.864. The Morgan fingerprint density at radius 2 is 2.38 bits per heavy atom. The lowest BCUT2D eigenvalue weighted by Gasteiger charge is -2.23. The van der Waals surface area contributed by atoms with Crippen molar-refractivity contribution in [2.75, 3.05) is 6.61 Å². The molecule has 0 heterocycles. The second kappa shape index (κ2) is 2.75. The summed E-state index contributed by atoms with van der Waals surface area (Å²) in [7, 11) is 0. The van der Waals surface area contributed by atoms with Gasteiger partial charge in [0, 0.05) is 0 Å². The number of hydrogen-bond donors (Lipinski definition) is 0. The molecule has 0 atom stereocenters. The van der Waals surface area contributed by atoms with Gasteiger partial charge in [0.05, 0.1) is 12.9 Å². The summed E-state index contributed by atoms with van der Waals surface area (Å²) in [6, 6.07) is 0. The SMILES string of the molecule is C=COCC1CCC1. The van der Waals surface area contributed by atoms with Crippen LogP contribution in [0.2, 0.25) is 0 Å². The van der Waals surface area contributed by atoms with Gasteiger partial charge >= 0.3 is 0 Å². The van der Waals surface area contributed by atoms with Crippen molar-refractivity contribution in [3.63, 3.8) is 0 Å². The van der Waals surface area contributed by atoms with Gasteiger partial charge in [-0.3, -0.25) is 0 Å². The molecular weight excluding hydrogens is 100 g/mol. The summed E-state index contributed by atoms with van der Waals surface area (Å²) in [5, 5.41) is 0. The van der Waals surface area contributed by atoms with Crippen LogP contribution in [0.25, 0.3) is 0 Å². The Hall–Kier alpha value is -0.460. The van der Waals surface area contributed by atoms with Gasteiger partial charge in [0.1, 0.15) is 0 Å². The first kappa shape index (κ1) is 5.67. The van der Waals surface area contributed by atoms with E-state index in [1.165, 1.54) is 25.5 Å². The average Bonchev–Trinajstić information content (AvgIpc) is 1.63. The molecule has 0 saturated heterocycles. The highest BCUT2D eigenvalue weighted by molar-refractivity contribution is 4.69. The molecule has 0 bridgehead atoms. The zero-order chi connectivity index (χ0) is 5.82. The summed E-state index contributed by atoms with van der Waals surface area (Å²) < 4.78 is 5.00. The maximum absolute atomic E-state index is 5.00. The van der Waals surface area contributed by atoms with E-state index in [1.807, 2.05) is 0 Å². The van der Waals surface area contributed by atoms with Crippen molar-refractivity contribution in [2.45, 2.75) is 19.3 Å². The summed E-state index contributed by atoms with van der Waals surface area (Å²) in [5.41, 5.74) is 0. The average molecular weight is 112 g/mol. The van der Waals surface area contributed by atoms with Gasteiger partial charge in [0.2, 0.25) is 0 Å². The van der Waals surface area contributed by atoms with Gasteiger partial charge in [-0.15, -0.1) is 0 Å². The number of rotatable bonds is 3. The minimum Gasteiger partial charge on any atom is -0.502 e. The van der Waals surface area contributed by atoms with Gasteiger partial charge in [-0.25, -0.2) is 0 Å². The maximum Gasteiger partial charge on any atom is 0.0901 e. The molecule has 1 saturated carbocycles. The molecule has 0 aliphatic heterocycles. The second-order valence-corrected chi connectivity index (χ2v) is 2.30. The van der Waals surface area contributed by atoms with Crippen LogP contribution >= 0.6 is 0 Å². The standard InChI is InChI=1S/C7H12O/c1-2-8-6-7-4-3-5-7/h2,7H,1,3-6H2. The van der Waals surface area contributed by atoms with Crippen LogP contribution in [-0.4, -0.2) is 6.61 Å². The fraction of sp³-hybridized carbons (Fsp3) is 0.714. The zero-order valence-corrected chi connectivity index (χ0v) is 5.10. The summed E-state index contributed by atoms with van der Waals surface area (Å²) >= 11 is 0. The lowest BCUT2D eigenvalue weighted by molar-refractivity contribution is 0.143. The molecule has 0 aromatic carbocycles. The van der Waals surface area contributed by atoms with Crippen molar-refractivity contribution in [2.24, 2.45) is 5.92 Å². The van der Waals surface area contributed by atoms with E-state index >= 15 is 0 Å². The molecule has 0 amide bonds. The van der Waals surface area contributed by atoms with Gasteiger partial charge in [-0.1, -0.05) is 13.0 Å². The van der Waals surface area contributed by atoms with E-state index in [-0.39, 0.29) is 0 Å². The zero-order valence-electron chi connectivity index (χ0n) is 5.10. The van der Waals surface area contributed by atoms with Crippen molar-refractivity contribution in [1.82, 2.24) is 0 Å². The van der Waals surface area contributed by atoms with E-state index in [0.29, 0.717) is 0 Å². The van der Waals surface area contributed by atoms with E-state index < -0.39 is 0 Å². The maximum atomic E-state index is 5.00. The van der Waals surface area contributed by atoms with Crippen LogP contribution in [0.1, 0.15) is 19.3 Å². The lowest BCUT2D eigenvalue weighted by Crippen LogP contribution is -2.15. The van der Waals surface area contributed by atoms with Gasteiger partial charge in [-0.05, 0) is 18.8 Å². The fourth-order valence-corrected chi connectivity index (χ4v) is 0.864. The molecule has 0 unspecified atom stereocenters. The summed E-state index contributed by atoms with van der Waals surface area (Å²) in [4.78, 5) is 0. The van der Waals surface area contributed by atoms with Crippen molar-refractivity contribution in [3.05, 3.63) is 12.8 Å². The van der Waals surface area contributed by atoms with Crippen molar-refractivity contribution >= 4 is 0 Å². The van der Waals surface area contributed by atoms with Crippen LogP contribution in [0.15, 0.2) is 12.8 Å². The molecule has 0 radical (unpaired) electrons. The molecule has 1 heteroatoms. The quantitative estimate of drug-likeness (QED) is 0.507. The van der Waals surface area contributed by atoms with Gasteiger partial charge in [0.15, 0.2) is 0 Å². The van der Waals surface area contributed by atoms with Gasteiger partial charge < -0.3 is 4.74 Å². The Balaban J connectivity index is 1.93. The first-order valence-corrected chi connectivity index (χ1v) is 3.16. The van der Waals surface area contributed by atoms with Crippen LogP contribution in [-0.2, 0) is 4.74 Å². The third-order valence-electron chi connectivity index (χ3n) is 1.67. The summed E-state index contributed by atoms with van der Waals surface area (Å²) in [6.45, 7) is 4.36. The highest BCUT2D eigenvalue weighted by atomic mass is 16.5. The van der Waals surface area contributed by atoms with Crippen LogP contribution in [0.3, 0.4) is 0 Å². The Bertz CT molecular complexity index is 74.5. The van der Waals surface area contributed by atoms with Crippen LogP contribution < -0.4 is 0 Å². The largest absolute Gasteiger partial charge is 0.502 e. The lowest BCUT2D eigenvalue weighted by atomic mass is 9.86. The predicted octanol–water partition coefficient (Wildman–Crippen LogP) is 1.95. The Morgan fingerprint density at radius 3 is 2.75 bits per heavy atom. The molecule has 1 rings (SSSR count). The predicted molar refractivity (Wildman–Crippen MR) is 33.5 cm³/mol. The number of ether oxygens (including phenoxy) is 1. The summed E-state index contributed by atoms with van der Waals surface area (Å²) in [5.74, 6) is 0.841. The molecule has 1 nitrogen and oxygen atoms in total. The molecule has 0 aromatic rings.